The molecule has 7 nitrogen and oxygen atoms in total. The first-order chi connectivity index (χ1) is 12.3. The third-order valence-corrected chi connectivity index (χ3v) is 5.71. The van der Waals surface area contributed by atoms with Crippen molar-refractivity contribution in [2.45, 2.75) is 31.2 Å². The summed E-state index contributed by atoms with van der Waals surface area (Å²) in [6, 6.07) is 6.34. The van der Waals surface area contributed by atoms with E-state index in [0.29, 0.717) is 26.1 Å². The fourth-order valence-electron chi connectivity index (χ4n) is 2.41. The van der Waals surface area contributed by atoms with Gasteiger partial charge in [0.1, 0.15) is 0 Å². The molecule has 1 aromatic carbocycles. The average molecular weight is 397 g/mol. The quantitative estimate of drug-likeness (QED) is 0.661. The normalized spacial score (nSPS) is 11.7. The highest BCUT2D eigenvalue weighted by molar-refractivity contribution is 7.89. The Morgan fingerprint density at radius 1 is 1.31 bits per heavy atom. The van der Waals surface area contributed by atoms with E-state index >= 15 is 0 Å². The lowest BCUT2D eigenvalue weighted by molar-refractivity contribution is -0.122. The maximum absolute atomic E-state index is 12.0. The van der Waals surface area contributed by atoms with E-state index in [1.807, 2.05) is 17.3 Å². The Labute approximate surface area is 158 Å². The van der Waals surface area contributed by atoms with Crippen molar-refractivity contribution < 1.29 is 13.2 Å². The molecule has 0 fully saturated rings. The number of amides is 1. The number of benzene rings is 1. The number of nitrogens with two attached hydrogens (primary N) is 1. The number of carbonyl (C=O) groups is 1. The van der Waals surface area contributed by atoms with Crippen molar-refractivity contribution in [3.63, 3.8) is 0 Å². The second-order valence-corrected chi connectivity index (χ2v) is 8.55. The lowest BCUT2D eigenvalue weighted by Crippen LogP contribution is -2.35. The molecule has 0 aliphatic rings. The standard InChI is InChI=1S/C17H24N4O3S2/c1-3-17-20-14(12-25-17)10-21(2)11-16(22)19-9-8-13-4-6-15(7-5-13)26(18,23)24/h4-7,12H,3,8-11H2,1-2H3,(H,19,22)(H2,18,23,24). The highest BCUT2D eigenvalue weighted by Crippen LogP contribution is 2.11. The van der Waals surface area contributed by atoms with Gasteiger partial charge in [0.15, 0.2) is 0 Å². The number of sulfonamides is 1. The summed E-state index contributed by atoms with van der Waals surface area (Å²) in [6.45, 7) is 3.49. The van der Waals surface area contributed by atoms with E-state index in [0.717, 1.165) is 22.7 Å². The molecule has 2 aromatic rings. The van der Waals surface area contributed by atoms with E-state index in [1.54, 1.807) is 23.5 Å². The Hall–Kier alpha value is -1.81. The average Bonchev–Trinajstić information content (AvgIpc) is 3.01. The van der Waals surface area contributed by atoms with Crippen LogP contribution in [-0.2, 0) is 34.2 Å². The van der Waals surface area contributed by atoms with Gasteiger partial charge in [-0.2, -0.15) is 0 Å². The number of rotatable bonds is 9. The summed E-state index contributed by atoms with van der Waals surface area (Å²) in [5, 5.41) is 11.1. The topological polar surface area (TPSA) is 105 Å². The lowest BCUT2D eigenvalue weighted by atomic mass is 10.1. The molecule has 0 saturated carbocycles. The van der Waals surface area contributed by atoms with Crippen LogP contribution in [0.5, 0.6) is 0 Å². The number of hydrogen-bond donors (Lipinski definition) is 2. The second kappa shape index (κ2) is 9.22. The summed E-state index contributed by atoms with van der Waals surface area (Å²) in [5.41, 5.74) is 1.91. The predicted octanol–water partition coefficient (Wildman–Crippen LogP) is 1.14. The Morgan fingerprint density at radius 2 is 2.00 bits per heavy atom. The number of likely N-dealkylation sites (N-methyl/N-ethyl adjacent to an activating group) is 1. The molecule has 0 unspecified atom stereocenters. The smallest absolute Gasteiger partial charge is 0.238 e. The van der Waals surface area contributed by atoms with Crippen molar-refractivity contribution in [2.24, 2.45) is 5.14 Å². The number of nitrogens with one attached hydrogen (secondary N) is 1. The number of thiazole rings is 1. The first-order valence-corrected chi connectivity index (χ1v) is 10.7. The van der Waals surface area contributed by atoms with Gasteiger partial charge in [0.2, 0.25) is 15.9 Å². The van der Waals surface area contributed by atoms with Gasteiger partial charge in [-0.1, -0.05) is 19.1 Å². The van der Waals surface area contributed by atoms with Crippen molar-refractivity contribution >= 4 is 27.3 Å². The van der Waals surface area contributed by atoms with Crippen LogP contribution in [0, 0.1) is 0 Å². The molecule has 0 atom stereocenters. The maximum Gasteiger partial charge on any atom is 0.238 e. The third-order valence-electron chi connectivity index (χ3n) is 3.73. The summed E-state index contributed by atoms with van der Waals surface area (Å²) in [4.78, 5) is 18.5. The number of nitrogens with zero attached hydrogens (tertiary/aromatic N) is 2. The molecule has 0 aliphatic heterocycles. The number of aryl methyl sites for hydroxylation is 1. The van der Waals surface area contributed by atoms with Gasteiger partial charge in [-0.3, -0.25) is 9.69 Å². The van der Waals surface area contributed by atoms with E-state index < -0.39 is 10.0 Å². The Bertz CT molecular complexity index is 832. The molecule has 0 radical (unpaired) electrons. The van der Waals surface area contributed by atoms with Gasteiger partial charge in [0.05, 0.1) is 22.1 Å². The predicted molar refractivity (Wildman–Crippen MR) is 102 cm³/mol. The summed E-state index contributed by atoms with van der Waals surface area (Å²) in [6.07, 6.45) is 1.54. The van der Waals surface area contributed by atoms with Crippen molar-refractivity contribution in [3.8, 4) is 0 Å². The molecule has 3 N–H and O–H groups in total. The van der Waals surface area contributed by atoms with Gasteiger partial charge in [0, 0.05) is 18.5 Å². The molecule has 26 heavy (non-hydrogen) atoms. The van der Waals surface area contributed by atoms with E-state index in [9.17, 15) is 13.2 Å². The Kier molecular flexibility index (Phi) is 7.27. The van der Waals surface area contributed by atoms with Crippen LogP contribution in [0.25, 0.3) is 0 Å². The molecule has 1 amide bonds. The molecular weight excluding hydrogens is 372 g/mol. The van der Waals surface area contributed by atoms with Crippen LogP contribution < -0.4 is 10.5 Å². The molecule has 2 rings (SSSR count). The zero-order valence-electron chi connectivity index (χ0n) is 14.9. The van der Waals surface area contributed by atoms with Gasteiger partial charge in [0.25, 0.3) is 0 Å². The Balaban J connectivity index is 1.72. The third kappa shape index (κ3) is 6.49. The van der Waals surface area contributed by atoms with E-state index in [-0.39, 0.29) is 10.8 Å². The zero-order valence-corrected chi connectivity index (χ0v) is 16.6. The minimum Gasteiger partial charge on any atom is -0.355 e. The van der Waals surface area contributed by atoms with Gasteiger partial charge in [-0.15, -0.1) is 11.3 Å². The van der Waals surface area contributed by atoms with E-state index in [1.165, 1.54) is 12.1 Å². The van der Waals surface area contributed by atoms with Crippen LogP contribution in [0.4, 0.5) is 0 Å². The van der Waals surface area contributed by atoms with Crippen molar-refractivity contribution in [1.29, 1.82) is 0 Å². The number of hydrogen-bond acceptors (Lipinski definition) is 6. The molecule has 1 aromatic heterocycles. The van der Waals surface area contributed by atoms with E-state index in [2.05, 4.69) is 17.2 Å². The number of aromatic nitrogens is 1. The molecule has 0 bridgehead atoms. The number of primary sulfonamides is 1. The van der Waals surface area contributed by atoms with Gasteiger partial charge >= 0.3 is 0 Å². The summed E-state index contributed by atoms with van der Waals surface area (Å²) >= 11 is 1.64. The lowest BCUT2D eigenvalue weighted by Gasteiger charge is -2.15. The highest BCUT2D eigenvalue weighted by Gasteiger charge is 2.10. The first kappa shape index (κ1) is 20.5. The molecule has 0 spiro atoms. The van der Waals surface area contributed by atoms with Crippen LogP contribution in [0.1, 0.15) is 23.2 Å². The Morgan fingerprint density at radius 3 is 2.58 bits per heavy atom. The summed E-state index contributed by atoms with van der Waals surface area (Å²) in [7, 11) is -1.79. The van der Waals surface area contributed by atoms with E-state index in [4.69, 9.17) is 5.14 Å². The van der Waals surface area contributed by atoms with Crippen molar-refractivity contribution in [2.75, 3.05) is 20.1 Å². The SMILES string of the molecule is CCc1nc(CN(C)CC(=O)NCCc2ccc(S(N)(=O)=O)cc2)cs1. The first-order valence-electron chi connectivity index (χ1n) is 8.28. The second-order valence-electron chi connectivity index (χ2n) is 6.05. The van der Waals surface area contributed by atoms with Gasteiger partial charge in [-0.25, -0.2) is 18.5 Å². The largest absolute Gasteiger partial charge is 0.355 e. The number of carbonyl (C=O) groups excluding carboxylic acids is 1. The van der Waals surface area contributed by atoms with Crippen LogP contribution in [0.15, 0.2) is 34.5 Å². The van der Waals surface area contributed by atoms with Crippen molar-refractivity contribution in [1.82, 2.24) is 15.2 Å². The van der Waals surface area contributed by atoms with Crippen molar-refractivity contribution in [3.05, 3.63) is 45.9 Å². The maximum atomic E-state index is 12.0. The molecule has 0 saturated heterocycles. The molecule has 142 valence electrons. The molecule has 1 heterocycles. The van der Waals surface area contributed by atoms with Crippen LogP contribution in [0.3, 0.4) is 0 Å². The monoisotopic (exact) mass is 396 g/mol. The van der Waals surface area contributed by atoms with Crippen LogP contribution in [0.2, 0.25) is 0 Å². The molecular formula is C17H24N4O3S2. The van der Waals surface area contributed by atoms with Crippen LogP contribution >= 0.6 is 11.3 Å². The summed E-state index contributed by atoms with van der Waals surface area (Å²) < 4.78 is 22.4. The summed E-state index contributed by atoms with van der Waals surface area (Å²) in [5.74, 6) is -0.0559. The minimum atomic E-state index is -3.67. The zero-order chi connectivity index (χ0) is 19.2. The molecule has 0 aliphatic carbocycles. The minimum absolute atomic E-state index is 0.0559. The fourth-order valence-corrected chi connectivity index (χ4v) is 3.66. The molecule has 9 heteroatoms. The highest BCUT2D eigenvalue weighted by atomic mass is 32.2. The van der Waals surface area contributed by atoms with Crippen LogP contribution in [-0.4, -0.2) is 44.3 Å². The van der Waals surface area contributed by atoms with Gasteiger partial charge < -0.3 is 5.32 Å². The fraction of sp³-hybridized carbons (Fsp3) is 0.412. The van der Waals surface area contributed by atoms with Gasteiger partial charge in [-0.05, 0) is 37.6 Å².